The Morgan fingerprint density at radius 2 is 0.830 bits per heavy atom. The van der Waals surface area contributed by atoms with Gasteiger partial charge in [-0.1, -0.05) is 140 Å². The molecule has 2 nitrogen and oxygen atoms in total. The minimum absolute atomic E-state index is 0.406. The van der Waals surface area contributed by atoms with Crippen LogP contribution in [0.4, 0.5) is 0 Å². The summed E-state index contributed by atoms with van der Waals surface area (Å²) >= 11 is 0. The summed E-state index contributed by atoms with van der Waals surface area (Å²) in [5.41, 5.74) is 9.85. The predicted molar refractivity (Wildman–Crippen MR) is 199 cm³/mol. The standard InChI is InChI=1S/C44H37BO2/c1-43(2)44(3,4)47-45(46-43)42-23-12-11-21-41(42)40-20-10-8-18-37(40)34-27-25-31-28-33(26-24-32(31)29-34)36-17-7-9-19-38(36)39-22-13-15-30-14-5-6-16-35(30)39/h5-29H,1-4H3. The van der Waals surface area contributed by atoms with Gasteiger partial charge in [-0.25, -0.2) is 0 Å². The molecule has 0 radical (unpaired) electrons. The Morgan fingerprint density at radius 3 is 1.45 bits per heavy atom. The first-order valence-corrected chi connectivity index (χ1v) is 16.4. The van der Waals surface area contributed by atoms with Crippen LogP contribution in [-0.2, 0) is 9.31 Å². The van der Waals surface area contributed by atoms with E-state index in [9.17, 15) is 0 Å². The fraction of sp³-hybridized carbons (Fsp3) is 0.136. The van der Waals surface area contributed by atoms with Gasteiger partial charge in [0, 0.05) is 0 Å². The Balaban J connectivity index is 1.18. The number of hydrogen-bond donors (Lipinski definition) is 0. The van der Waals surface area contributed by atoms with E-state index < -0.39 is 18.3 Å². The molecule has 0 aliphatic carbocycles. The first-order valence-electron chi connectivity index (χ1n) is 16.4. The lowest BCUT2D eigenvalue weighted by atomic mass is 9.73. The Hall–Kier alpha value is -4.96. The van der Waals surface area contributed by atoms with Gasteiger partial charge in [0.25, 0.3) is 0 Å². The minimum atomic E-state index is -0.434. The van der Waals surface area contributed by atoms with Crippen molar-refractivity contribution in [3.8, 4) is 44.5 Å². The van der Waals surface area contributed by atoms with Crippen LogP contribution in [0.25, 0.3) is 66.1 Å². The van der Waals surface area contributed by atoms with E-state index in [1.54, 1.807) is 0 Å². The minimum Gasteiger partial charge on any atom is -0.399 e. The fourth-order valence-electron chi connectivity index (χ4n) is 6.90. The highest BCUT2D eigenvalue weighted by molar-refractivity contribution is 6.64. The molecule has 1 aliphatic rings. The van der Waals surface area contributed by atoms with Crippen LogP contribution in [0.3, 0.4) is 0 Å². The van der Waals surface area contributed by atoms with E-state index >= 15 is 0 Å². The molecule has 7 aromatic carbocycles. The smallest absolute Gasteiger partial charge is 0.399 e. The van der Waals surface area contributed by atoms with Gasteiger partial charge in [0.15, 0.2) is 0 Å². The van der Waals surface area contributed by atoms with Crippen molar-refractivity contribution in [3.05, 3.63) is 152 Å². The van der Waals surface area contributed by atoms with Crippen molar-refractivity contribution in [1.82, 2.24) is 0 Å². The molecule has 3 heteroatoms. The topological polar surface area (TPSA) is 18.5 Å². The Labute approximate surface area is 277 Å². The molecule has 47 heavy (non-hydrogen) atoms. The van der Waals surface area contributed by atoms with Crippen molar-refractivity contribution >= 4 is 34.1 Å². The van der Waals surface area contributed by atoms with Gasteiger partial charge in [-0.05, 0) is 111 Å². The number of fused-ring (bicyclic) bond motifs is 2. The lowest BCUT2D eigenvalue weighted by Crippen LogP contribution is -2.41. The van der Waals surface area contributed by atoms with E-state index in [2.05, 4.69) is 179 Å². The second-order valence-corrected chi connectivity index (χ2v) is 13.6. The highest BCUT2D eigenvalue weighted by atomic mass is 16.7. The predicted octanol–water partition coefficient (Wildman–Crippen LogP) is 11.0. The maximum atomic E-state index is 6.50. The molecule has 0 atom stereocenters. The van der Waals surface area contributed by atoms with Crippen molar-refractivity contribution in [3.63, 3.8) is 0 Å². The zero-order valence-electron chi connectivity index (χ0n) is 27.3. The first-order chi connectivity index (χ1) is 22.8. The zero-order chi connectivity index (χ0) is 32.2. The number of hydrogen-bond acceptors (Lipinski definition) is 2. The summed E-state index contributed by atoms with van der Waals surface area (Å²) in [7, 11) is -0.434. The van der Waals surface area contributed by atoms with Crippen molar-refractivity contribution in [2.45, 2.75) is 38.9 Å². The van der Waals surface area contributed by atoms with E-state index in [4.69, 9.17) is 9.31 Å². The third-order valence-electron chi connectivity index (χ3n) is 10.2. The molecule has 0 bridgehead atoms. The van der Waals surface area contributed by atoms with Crippen LogP contribution < -0.4 is 5.46 Å². The lowest BCUT2D eigenvalue weighted by Gasteiger charge is -2.32. The van der Waals surface area contributed by atoms with Crippen LogP contribution in [0.1, 0.15) is 27.7 Å². The normalized spacial score (nSPS) is 15.4. The second-order valence-electron chi connectivity index (χ2n) is 13.6. The van der Waals surface area contributed by atoms with Gasteiger partial charge in [0.1, 0.15) is 0 Å². The largest absolute Gasteiger partial charge is 0.495 e. The lowest BCUT2D eigenvalue weighted by molar-refractivity contribution is 0.00578. The summed E-state index contributed by atoms with van der Waals surface area (Å²) in [4.78, 5) is 0. The molecule has 8 rings (SSSR count). The molecular formula is C44H37BO2. The average molecular weight is 609 g/mol. The fourth-order valence-corrected chi connectivity index (χ4v) is 6.90. The van der Waals surface area contributed by atoms with Gasteiger partial charge in [0.2, 0.25) is 0 Å². The SMILES string of the molecule is CC1(C)OB(c2ccccc2-c2ccccc2-c2ccc3cc(-c4ccccc4-c4cccc5ccccc45)ccc3c2)OC1(C)C. The molecule has 0 unspecified atom stereocenters. The number of benzene rings is 7. The third kappa shape index (κ3) is 5.17. The van der Waals surface area contributed by atoms with Crippen molar-refractivity contribution in [2.75, 3.05) is 0 Å². The van der Waals surface area contributed by atoms with Crippen LogP contribution in [0.15, 0.2) is 152 Å². The van der Waals surface area contributed by atoms with Crippen LogP contribution in [0.2, 0.25) is 0 Å². The maximum absolute atomic E-state index is 6.50. The Bertz CT molecular complexity index is 2260. The van der Waals surface area contributed by atoms with Crippen LogP contribution in [0, 0.1) is 0 Å². The van der Waals surface area contributed by atoms with Crippen LogP contribution in [0.5, 0.6) is 0 Å². The van der Waals surface area contributed by atoms with Crippen LogP contribution in [-0.4, -0.2) is 18.3 Å². The molecule has 1 saturated heterocycles. The molecule has 7 aromatic rings. The van der Waals surface area contributed by atoms with Gasteiger partial charge in [0.05, 0.1) is 11.2 Å². The summed E-state index contributed by atoms with van der Waals surface area (Å²) in [5.74, 6) is 0. The van der Waals surface area contributed by atoms with Crippen LogP contribution >= 0.6 is 0 Å². The molecule has 0 aromatic heterocycles. The summed E-state index contributed by atoms with van der Waals surface area (Å²) in [6, 6.07) is 54.7. The van der Waals surface area contributed by atoms with Gasteiger partial charge in [-0.3, -0.25) is 0 Å². The first kappa shape index (κ1) is 29.4. The van der Waals surface area contributed by atoms with E-state index in [0.29, 0.717) is 0 Å². The third-order valence-corrected chi connectivity index (χ3v) is 10.2. The molecule has 0 saturated carbocycles. The quantitative estimate of drug-likeness (QED) is 0.181. The summed E-state index contributed by atoms with van der Waals surface area (Å²) in [5, 5.41) is 4.95. The Morgan fingerprint density at radius 1 is 0.383 bits per heavy atom. The summed E-state index contributed by atoms with van der Waals surface area (Å²) in [6.45, 7) is 8.41. The van der Waals surface area contributed by atoms with Gasteiger partial charge >= 0.3 is 7.12 Å². The monoisotopic (exact) mass is 608 g/mol. The highest BCUT2D eigenvalue weighted by Crippen LogP contribution is 2.40. The van der Waals surface area contributed by atoms with E-state index in [-0.39, 0.29) is 0 Å². The molecule has 0 N–H and O–H groups in total. The maximum Gasteiger partial charge on any atom is 0.495 e. The zero-order valence-corrected chi connectivity index (χ0v) is 27.3. The van der Waals surface area contributed by atoms with E-state index in [0.717, 1.165) is 16.6 Å². The molecule has 0 spiro atoms. The molecule has 1 fully saturated rings. The Kier molecular flexibility index (Phi) is 7.13. The summed E-state index contributed by atoms with van der Waals surface area (Å²) < 4.78 is 13.0. The van der Waals surface area contributed by atoms with Crippen molar-refractivity contribution in [2.24, 2.45) is 0 Å². The van der Waals surface area contributed by atoms with E-state index in [1.165, 1.54) is 54.9 Å². The van der Waals surface area contributed by atoms with Gasteiger partial charge in [-0.15, -0.1) is 0 Å². The molecule has 228 valence electrons. The van der Waals surface area contributed by atoms with Crippen molar-refractivity contribution < 1.29 is 9.31 Å². The highest BCUT2D eigenvalue weighted by Gasteiger charge is 2.52. The molecular weight excluding hydrogens is 571 g/mol. The molecule has 1 heterocycles. The second kappa shape index (κ2) is 11.4. The van der Waals surface area contributed by atoms with Gasteiger partial charge < -0.3 is 9.31 Å². The average Bonchev–Trinajstić information content (AvgIpc) is 3.33. The molecule has 0 amide bonds. The van der Waals surface area contributed by atoms with E-state index in [1.807, 2.05) is 0 Å². The summed E-state index contributed by atoms with van der Waals surface area (Å²) in [6.07, 6.45) is 0. The molecule has 1 aliphatic heterocycles. The number of rotatable bonds is 5. The van der Waals surface area contributed by atoms with Gasteiger partial charge in [-0.2, -0.15) is 0 Å². The van der Waals surface area contributed by atoms with Crippen molar-refractivity contribution in [1.29, 1.82) is 0 Å².